The van der Waals surface area contributed by atoms with E-state index >= 15 is 0 Å². The second-order valence-electron chi connectivity index (χ2n) is 22.0. The molecular weight excluding hydrogens is 925 g/mol. The molecule has 0 aromatic carbocycles. The molecule has 0 aliphatic rings. The number of hydrogen-bond acceptors (Lipinski definition) is 6. The van der Waals surface area contributed by atoms with Crippen LogP contribution in [0.2, 0.25) is 0 Å². The predicted octanol–water partition coefficient (Wildman–Crippen LogP) is 22.3. The fraction of sp³-hybridized carbons (Fsp3) is 0.812. The molecule has 0 aliphatic carbocycles. The maximum Gasteiger partial charge on any atom is 0.306 e. The summed E-state index contributed by atoms with van der Waals surface area (Å²) in [5.74, 6) is -0.900. The number of esters is 3. The summed E-state index contributed by atoms with van der Waals surface area (Å²) < 4.78 is 16.9. The Morgan fingerprint density at radius 2 is 0.520 bits per heavy atom. The number of rotatable bonds is 60. The lowest BCUT2D eigenvalue weighted by Crippen LogP contribution is -2.30. The van der Waals surface area contributed by atoms with Crippen LogP contribution in [0, 0.1) is 0 Å². The van der Waals surface area contributed by atoms with Gasteiger partial charge in [0.05, 0.1) is 0 Å². The van der Waals surface area contributed by atoms with Crippen molar-refractivity contribution in [2.45, 2.75) is 348 Å². The van der Waals surface area contributed by atoms with E-state index in [9.17, 15) is 14.4 Å². The molecule has 6 heteroatoms. The molecule has 0 heterocycles. The van der Waals surface area contributed by atoms with Crippen molar-refractivity contribution in [3.05, 3.63) is 60.8 Å². The maximum absolute atomic E-state index is 12.9. The molecule has 0 rings (SSSR count). The number of allylic oxidation sites excluding steroid dienone is 10. The number of ether oxygens (including phenoxy) is 3. The molecule has 0 saturated carbocycles. The molecule has 1 atom stereocenters. The molecule has 1 unspecified atom stereocenters. The van der Waals surface area contributed by atoms with E-state index in [1.165, 1.54) is 205 Å². The van der Waals surface area contributed by atoms with Crippen LogP contribution >= 0.6 is 0 Å². The lowest BCUT2D eigenvalue weighted by Gasteiger charge is -2.18. The third-order valence-electron chi connectivity index (χ3n) is 14.5. The van der Waals surface area contributed by atoms with Gasteiger partial charge in [-0.15, -0.1) is 0 Å². The quantitative estimate of drug-likeness (QED) is 0.0261. The third-order valence-corrected chi connectivity index (χ3v) is 14.5. The van der Waals surface area contributed by atoms with Crippen molar-refractivity contribution in [1.29, 1.82) is 0 Å². The van der Waals surface area contributed by atoms with Gasteiger partial charge in [-0.25, -0.2) is 0 Å². The molecular formula is C69H124O6. The Morgan fingerprint density at radius 3 is 0.813 bits per heavy atom. The van der Waals surface area contributed by atoms with Crippen molar-refractivity contribution in [3.8, 4) is 0 Å². The average Bonchev–Trinajstić information content (AvgIpc) is 3.41. The zero-order chi connectivity index (χ0) is 54.3. The van der Waals surface area contributed by atoms with Gasteiger partial charge in [-0.2, -0.15) is 0 Å². The van der Waals surface area contributed by atoms with Gasteiger partial charge in [0.25, 0.3) is 0 Å². The second kappa shape index (κ2) is 63.6. The smallest absolute Gasteiger partial charge is 0.306 e. The van der Waals surface area contributed by atoms with E-state index < -0.39 is 6.10 Å². The van der Waals surface area contributed by atoms with Crippen LogP contribution in [-0.4, -0.2) is 37.2 Å². The molecule has 0 N–H and O–H groups in total. The van der Waals surface area contributed by atoms with Gasteiger partial charge in [-0.05, 0) is 64.2 Å². The van der Waals surface area contributed by atoms with E-state index in [0.29, 0.717) is 19.3 Å². The van der Waals surface area contributed by atoms with Crippen molar-refractivity contribution in [2.75, 3.05) is 13.2 Å². The normalized spacial score (nSPS) is 12.4. The van der Waals surface area contributed by atoms with Crippen LogP contribution in [0.1, 0.15) is 342 Å². The standard InChI is InChI=1S/C69H124O6/c1-4-7-10-13-16-19-22-24-26-28-30-31-32-33-34-35-36-37-38-40-41-43-45-47-50-53-56-59-62-68(71)74-65-66(64-73-67(70)61-58-55-52-49-21-18-15-12-9-6-3)75-69(72)63-60-57-54-51-48-46-44-42-39-29-27-25-23-20-17-14-11-8-5-2/h8,11,17,20,25,27,39,42,46,48,66H,4-7,9-10,12-16,18-19,21-24,26,28-38,40-41,43-45,47,49-65H2,1-3H3/b11-8-,20-17-,27-25-,42-39-,48-46-. The lowest BCUT2D eigenvalue weighted by molar-refractivity contribution is -0.167. The van der Waals surface area contributed by atoms with E-state index in [-0.39, 0.29) is 31.1 Å². The van der Waals surface area contributed by atoms with Gasteiger partial charge in [-0.1, -0.05) is 319 Å². The Morgan fingerprint density at radius 1 is 0.280 bits per heavy atom. The summed E-state index contributed by atoms with van der Waals surface area (Å²) in [5, 5.41) is 0. The number of carbonyl (C=O) groups excluding carboxylic acids is 3. The molecule has 75 heavy (non-hydrogen) atoms. The van der Waals surface area contributed by atoms with Crippen molar-refractivity contribution >= 4 is 17.9 Å². The molecule has 436 valence electrons. The van der Waals surface area contributed by atoms with E-state index in [1.54, 1.807) is 0 Å². The van der Waals surface area contributed by atoms with E-state index in [0.717, 1.165) is 96.3 Å². The van der Waals surface area contributed by atoms with E-state index in [1.807, 2.05) is 0 Å². The van der Waals surface area contributed by atoms with Crippen LogP contribution in [0.5, 0.6) is 0 Å². The fourth-order valence-corrected chi connectivity index (χ4v) is 9.65. The van der Waals surface area contributed by atoms with Gasteiger partial charge in [0.15, 0.2) is 6.10 Å². The summed E-state index contributed by atoms with van der Waals surface area (Å²) in [6.07, 6.45) is 81.1. The highest BCUT2D eigenvalue weighted by atomic mass is 16.6. The number of unbranched alkanes of at least 4 members (excludes halogenated alkanes) is 39. The molecule has 0 spiro atoms. The fourth-order valence-electron chi connectivity index (χ4n) is 9.65. The van der Waals surface area contributed by atoms with Gasteiger partial charge in [-0.3, -0.25) is 14.4 Å². The highest BCUT2D eigenvalue weighted by Gasteiger charge is 2.19. The summed E-state index contributed by atoms with van der Waals surface area (Å²) in [6, 6.07) is 0. The Kier molecular flexibility index (Phi) is 61.2. The highest BCUT2D eigenvalue weighted by Crippen LogP contribution is 2.18. The molecule has 0 fully saturated rings. The van der Waals surface area contributed by atoms with Gasteiger partial charge >= 0.3 is 17.9 Å². The molecule has 0 aliphatic heterocycles. The van der Waals surface area contributed by atoms with Crippen LogP contribution in [0.3, 0.4) is 0 Å². The van der Waals surface area contributed by atoms with Gasteiger partial charge in [0.2, 0.25) is 0 Å². The van der Waals surface area contributed by atoms with Crippen molar-refractivity contribution in [3.63, 3.8) is 0 Å². The van der Waals surface area contributed by atoms with Crippen LogP contribution in [0.4, 0.5) is 0 Å². The first-order valence-electron chi connectivity index (χ1n) is 32.8. The zero-order valence-corrected chi connectivity index (χ0v) is 50.1. The molecule has 0 amide bonds. The Labute approximate surface area is 466 Å². The molecule has 0 saturated heterocycles. The molecule has 0 aromatic rings. The summed E-state index contributed by atoms with van der Waals surface area (Å²) >= 11 is 0. The maximum atomic E-state index is 12.9. The Balaban J connectivity index is 4.19. The first kappa shape index (κ1) is 72.1. The van der Waals surface area contributed by atoms with Crippen molar-refractivity contribution in [2.24, 2.45) is 0 Å². The first-order valence-corrected chi connectivity index (χ1v) is 32.8. The van der Waals surface area contributed by atoms with Crippen LogP contribution in [-0.2, 0) is 28.6 Å². The summed E-state index contributed by atoms with van der Waals surface area (Å²) in [7, 11) is 0. The minimum atomic E-state index is -0.789. The second-order valence-corrected chi connectivity index (χ2v) is 22.0. The van der Waals surface area contributed by atoms with E-state index in [4.69, 9.17) is 14.2 Å². The lowest BCUT2D eigenvalue weighted by atomic mass is 10.0. The molecule has 0 radical (unpaired) electrons. The largest absolute Gasteiger partial charge is 0.462 e. The monoisotopic (exact) mass is 1050 g/mol. The third kappa shape index (κ3) is 61.8. The van der Waals surface area contributed by atoms with Crippen LogP contribution < -0.4 is 0 Å². The summed E-state index contributed by atoms with van der Waals surface area (Å²) in [5.41, 5.74) is 0. The summed E-state index contributed by atoms with van der Waals surface area (Å²) in [4.78, 5) is 38.2. The zero-order valence-electron chi connectivity index (χ0n) is 50.1. The minimum Gasteiger partial charge on any atom is -0.462 e. The number of carbonyl (C=O) groups is 3. The van der Waals surface area contributed by atoms with E-state index in [2.05, 4.69) is 81.5 Å². The Hall–Kier alpha value is -2.89. The minimum absolute atomic E-state index is 0.0836. The molecule has 0 aromatic heterocycles. The topological polar surface area (TPSA) is 78.9 Å². The molecule has 6 nitrogen and oxygen atoms in total. The SMILES string of the molecule is CC/C=C\C/C=C\C/C=C\C/C=C\C/C=C\CCCCCC(=O)OC(COC(=O)CCCCCCCCCCCC)COC(=O)CCCCCCCCCCCCCCCCCCCCCCCCCCCCCC. The van der Waals surface area contributed by atoms with Crippen LogP contribution in [0.15, 0.2) is 60.8 Å². The van der Waals surface area contributed by atoms with Gasteiger partial charge in [0.1, 0.15) is 13.2 Å². The van der Waals surface area contributed by atoms with Crippen molar-refractivity contribution < 1.29 is 28.6 Å². The number of hydrogen-bond donors (Lipinski definition) is 0. The highest BCUT2D eigenvalue weighted by molar-refractivity contribution is 5.71. The Bertz CT molecular complexity index is 1340. The van der Waals surface area contributed by atoms with Crippen LogP contribution in [0.25, 0.3) is 0 Å². The average molecular weight is 1050 g/mol. The van der Waals surface area contributed by atoms with Gasteiger partial charge in [0, 0.05) is 19.3 Å². The van der Waals surface area contributed by atoms with Gasteiger partial charge < -0.3 is 14.2 Å². The van der Waals surface area contributed by atoms with Crippen molar-refractivity contribution in [1.82, 2.24) is 0 Å². The predicted molar refractivity (Wildman–Crippen MR) is 325 cm³/mol. The first-order chi connectivity index (χ1) is 37.0. The summed E-state index contributed by atoms with van der Waals surface area (Å²) in [6.45, 7) is 6.53. The molecule has 0 bridgehead atoms.